The van der Waals surface area contributed by atoms with Crippen LogP contribution in [0.3, 0.4) is 0 Å². The van der Waals surface area contributed by atoms with Gasteiger partial charge < -0.3 is 14.2 Å². The quantitative estimate of drug-likeness (QED) is 0.572. The average Bonchev–Trinajstić information content (AvgIpc) is 3.07. The van der Waals surface area contributed by atoms with E-state index in [1.54, 1.807) is 27.2 Å². The summed E-state index contributed by atoms with van der Waals surface area (Å²) in [5, 5.41) is 4.65. The zero-order valence-electron chi connectivity index (χ0n) is 15.2. The first-order valence-corrected chi connectivity index (χ1v) is 9.04. The van der Waals surface area contributed by atoms with Crippen molar-refractivity contribution in [3.63, 3.8) is 0 Å². The highest BCUT2D eigenvalue weighted by Crippen LogP contribution is 2.23. The second-order valence-corrected chi connectivity index (χ2v) is 6.85. The van der Waals surface area contributed by atoms with Crippen molar-refractivity contribution in [1.82, 2.24) is 14.6 Å². The Hall–Kier alpha value is -2.94. The van der Waals surface area contributed by atoms with Crippen LogP contribution in [0.2, 0.25) is 0 Å². The fourth-order valence-electron chi connectivity index (χ4n) is 2.49. The van der Waals surface area contributed by atoms with Crippen molar-refractivity contribution >= 4 is 22.3 Å². The fraction of sp³-hybridized carbons (Fsp3) is 0.333. The highest BCUT2D eigenvalue weighted by atomic mass is 32.1. The maximum absolute atomic E-state index is 12.0. The molecule has 0 saturated carbocycles. The Kier molecular flexibility index (Phi) is 5.70. The minimum absolute atomic E-state index is 0.00673. The third-order valence-electron chi connectivity index (χ3n) is 3.80. The first-order chi connectivity index (χ1) is 13.0. The molecule has 2 aromatic heterocycles. The van der Waals surface area contributed by atoms with E-state index in [1.807, 2.05) is 12.1 Å². The maximum Gasteiger partial charge on any atom is 0.306 e. The minimum atomic E-state index is -0.354. The highest BCUT2D eigenvalue weighted by Gasteiger charge is 2.11. The van der Waals surface area contributed by atoms with E-state index < -0.39 is 0 Å². The van der Waals surface area contributed by atoms with Crippen LogP contribution < -0.4 is 15.0 Å². The Bertz CT molecular complexity index is 1010. The number of rotatable bonds is 7. The molecule has 1 aromatic carbocycles. The molecular weight excluding hydrogens is 370 g/mol. The summed E-state index contributed by atoms with van der Waals surface area (Å²) in [5.41, 5.74) is 1.29. The number of esters is 1. The molecule has 0 aliphatic carbocycles. The van der Waals surface area contributed by atoms with Crippen molar-refractivity contribution in [1.29, 1.82) is 0 Å². The summed E-state index contributed by atoms with van der Waals surface area (Å²) < 4.78 is 16.9. The average molecular weight is 389 g/mol. The largest absolute Gasteiger partial charge is 0.497 e. The van der Waals surface area contributed by atoms with E-state index in [0.717, 1.165) is 5.56 Å². The minimum Gasteiger partial charge on any atom is -0.497 e. The van der Waals surface area contributed by atoms with E-state index in [9.17, 15) is 9.59 Å². The van der Waals surface area contributed by atoms with Gasteiger partial charge in [-0.3, -0.25) is 9.59 Å². The number of aryl methyl sites for hydroxylation is 2. The zero-order valence-corrected chi connectivity index (χ0v) is 16.0. The van der Waals surface area contributed by atoms with Gasteiger partial charge in [0.05, 0.1) is 14.2 Å². The molecule has 0 atom stereocenters. The fourth-order valence-corrected chi connectivity index (χ4v) is 3.35. The SMILES string of the molecule is COc1cc(CCC(=O)OCc2nn3c(=O)cc(C)nc3s2)cc(OC)c1. The molecule has 27 heavy (non-hydrogen) atoms. The number of nitrogens with zero attached hydrogens (tertiary/aromatic N) is 3. The Morgan fingerprint density at radius 1 is 1.15 bits per heavy atom. The molecule has 0 radical (unpaired) electrons. The highest BCUT2D eigenvalue weighted by molar-refractivity contribution is 7.16. The van der Waals surface area contributed by atoms with Gasteiger partial charge in [-0.1, -0.05) is 11.3 Å². The van der Waals surface area contributed by atoms with Gasteiger partial charge >= 0.3 is 5.97 Å². The van der Waals surface area contributed by atoms with Crippen LogP contribution in [0.25, 0.3) is 4.96 Å². The number of benzene rings is 1. The van der Waals surface area contributed by atoms with Gasteiger partial charge in [0, 0.05) is 24.2 Å². The Morgan fingerprint density at radius 2 is 1.85 bits per heavy atom. The molecule has 8 nitrogen and oxygen atoms in total. The molecule has 0 N–H and O–H groups in total. The van der Waals surface area contributed by atoms with Crippen LogP contribution in [0.5, 0.6) is 11.5 Å². The van der Waals surface area contributed by atoms with Gasteiger partial charge in [-0.15, -0.1) is 0 Å². The Labute approximate surface area is 159 Å². The Balaban J connectivity index is 1.59. The summed E-state index contributed by atoms with van der Waals surface area (Å²) >= 11 is 1.22. The van der Waals surface area contributed by atoms with Gasteiger partial charge in [0.15, 0.2) is 5.01 Å². The molecule has 3 aromatic rings. The van der Waals surface area contributed by atoms with Crippen molar-refractivity contribution in [2.45, 2.75) is 26.4 Å². The molecule has 0 amide bonds. The molecule has 9 heteroatoms. The lowest BCUT2D eigenvalue weighted by molar-refractivity contribution is -0.144. The number of carbonyl (C=O) groups is 1. The molecule has 2 heterocycles. The summed E-state index contributed by atoms with van der Waals surface area (Å²) in [4.78, 5) is 28.6. The molecule has 0 aliphatic rings. The summed E-state index contributed by atoms with van der Waals surface area (Å²) in [6.07, 6.45) is 0.699. The van der Waals surface area contributed by atoms with Crippen molar-refractivity contribution in [2.24, 2.45) is 0 Å². The van der Waals surface area contributed by atoms with Crippen LogP contribution in [-0.2, 0) is 22.6 Å². The van der Waals surface area contributed by atoms with Crippen LogP contribution in [0, 0.1) is 6.92 Å². The first-order valence-electron chi connectivity index (χ1n) is 8.22. The lowest BCUT2D eigenvalue weighted by Crippen LogP contribution is -2.14. The van der Waals surface area contributed by atoms with Crippen LogP contribution in [0.1, 0.15) is 22.7 Å². The van der Waals surface area contributed by atoms with E-state index in [2.05, 4.69) is 10.1 Å². The zero-order chi connectivity index (χ0) is 19.4. The number of ether oxygens (including phenoxy) is 3. The molecule has 3 rings (SSSR count). The number of hydrogen-bond donors (Lipinski definition) is 0. The predicted octanol–water partition coefficient (Wildman–Crippen LogP) is 2.15. The number of carbonyl (C=O) groups excluding carboxylic acids is 1. The lowest BCUT2D eigenvalue weighted by atomic mass is 10.1. The molecule has 0 fully saturated rings. The molecule has 0 spiro atoms. The number of methoxy groups -OCH3 is 2. The molecule has 142 valence electrons. The molecular formula is C18H19N3O5S. The summed E-state index contributed by atoms with van der Waals surface area (Å²) in [7, 11) is 3.15. The van der Waals surface area contributed by atoms with E-state index in [-0.39, 0.29) is 24.6 Å². The van der Waals surface area contributed by atoms with Crippen molar-refractivity contribution in [2.75, 3.05) is 14.2 Å². The maximum atomic E-state index is 12.0. The van der Waals surface area contributed by atoms with Crippen LogP contribution in [0.15, 0.2) is 29.1 Å². The van der Waals surface area contributed by atoms with Gasteiger partial charge in [0.1, 0.15) is 18.1 Å². The van der Waals surface area contributed by atoms with E-state index in [4.69, 9.17) is 14.2 Å². The Morgan fingerprint density at radius 3 is 2.52 bits per heavy atom. The summed E-state index contributed by atoms with van der Waals surface area (Å²) in [6.45, 7) is 1.75. The van der Waals surface area contributed by atoms with Crippen molar-refractivity contribution < 1.29 is 19.0 Å². The summed E-state index contributed by atoms with van der Waals surface area (Å²) in [5.74, 6) is 0.980. The molecule has 0 saturated heterocycles. The molecule has 0 bridgehead atoms. The smallest absolute Gasteiger partial charge is 0.306 e. The number of fused-ring (bicyclic) bond motifs is 1. The van der Waals surface area contributed by atoms with Crippen LogP contribution in [0.4, 0.5) is 0 Å². The normalized spacial score (nSPS) is 10.8. The van der Waals surface area contributed by atoms with Gasteiger partial charge in [-0.25, -0.2) is 4.98 Å². The third-order valence-corrected chi connectivity index (χ3v) is 4.68. The van der Waals surface area contributed by atoms with Crippen LogP contribution >= 0.6 is 11.3 Å². The first kappa shape index (κ1) is 18.8. The van der Waals surface area contributed by atoms with Crippen molar-refractivity contribution in [3.05, 3.63) is 50.9 Å². The molecule has 0 unspecified atom stereocenters. The van der Waals surface area contributed by atoms with Gasteiger partial charge in [0.25, 0.3) is 5.56 Å². The monoisotopic (exact) mass is 389 g/mol. The van der Waals surface area contributed by atoms with Gasteiger partial charge in [-0.05, 0) is 31.0 Å². The van der Waals surface area contributed by atoms with Gasteiger partial charge in [-0.2, -0.15) is 9.61 Å². The van der Waals surface area contributed by atoms with Crippen LogP contribution in [-0.4, -0.2) is 34.8 Å². The van der Waals surface area contributed by atoms with Gasteiger partial charge in [0.2, 0.25) is 4.96 Å². The lowest BCUT2D eigenvalue weighted by Gasteiger charge is -2.08. The second-order valence-electron chi connectivity index (χ2n) is 5.81. The third kappa shape index (κ3) is 4.62. The number of aromatic nitrogens is 3. The van der Waals surface area contributed by atoms with E-state index in [1.165, 1.54) is 21.9 Å². The second kappa shape index (κ2) is 8.17. The van der Waals surface area contributed by atoms with Crippen molar-refractivity contribution in [3.8, 4) is 11.5 Å². The molecule has 0 aliphatic heterocycles. The summed E-state index contributed by atoms with van der Waals surface area (Å²) in [6, 6.07) is 6.88. The van der Waals surface area contributed by atoms with E-state index in [0.29, 0.717) is 33.6 Å². The standard InChI is InChI=1S/C18H19N3O5S/c1-11-6-16(22)21-18(19-11)27-15(20-21)10-26-17(23)5-4-12-7-13(24-2)9-14(8-12)25-3/h6-9H,4-5,10H2,1-3H3. The number of hydrogen-bond acceptors (Lipinski definition) is 8. The van der Waals surface area contributed by atoms with E-state index >= 15 is 0 Å². The predicted molar refractivity (Wildman–Crippen MR) is 99.5 cm³/mol. The topological polar surface area (TPSA) is 92.0 Å².